The predicted octanol–water partition coefficient (Wildman–Crippen LogP) is 4.17. The lowest BCUT2D eigenvalue weighted by molar-refractivity contribution is 0.459. The normalized spacial score (nSPS) is 10.9. The highest BCUT2D eigenvalue weighted by Gasteiger charge is 2.05. The fraction of sp³-hybridized carbons (Fsp3) is 0. The van der Waals surface area contributed by atoms with Gasteiger partial charge in [-0.2, -0.15) is 0 Å². The van der Waals surface area contributed by atoms with Gasteiger partial charge in [-0.3, -0.25) is 0 Å². The van der Waals surface area contributed by atoms with E-state index in [0.717, 1.165) is 21.9 Å². The summed E-state index contributed by atoms with van der Waals surface area (Å²) in [4.78, 5) is 0. The van der Waals surface area contributed by atoms with Crippen LogP contribution in [0.4, 0.5) is 0 Å². The molecule has 1 radical (unpaired) electrons. The average molecular weight is 277 g/mol. The summed E-state index contributed by atoms with van der Waals surface area (Å²) in [5.41, 5.74) is 1.65. The van der Waals surface area contributed by atoms with Crippen molar-refractivity contribution in [2.24, 2.45) is 0 Å². The Kier molecular flexibility index (Phi) is 2.82. The summed E-state index contributed by atoms with van der Waals surface area (Å²) >= 11 is 0. The molecule has 2 heterocycles. The number of fused-ring (bicyclic) bond motifs is 2. The Balaban J connectivity index is 1.44. The Morgan fingerprint density at radius 2 is 1.19 bits per heavy atom. The van der Waals surface area contributed by atoms with E-state index in [4.69, 9.17) is 18.1 Å². The van der Waals surface area contributed by atoms with Crippen LogP contribution in [-0.2, 0) is 0 Å². The van der Waals surface area contributed by atoms with Gasteiger partial charge in [0, 0.05) is 10.8 Å². The minimum absolute atomic E-state index is 0.688. The van der Waals surface area contributed by atoms with E-state index in [1.54, 1.807) is 12.5 Å². The van der Waals surface area contributed by atoms with Crippen molar-refractivity contribution >= 4 is 29.6 Å². The maximum absolute atomic E-state index is 5.47. The van der Waals surface area contributed by atoms with Crippen molar-refractivity contribution in [2.45, 2.75) is 0 Å². The Morgan fingerprint density at radius 3 is 1.71 bits per heavy atom. The summed E-state index contributed by atoms with van der Waals surface area (Å²) in [5.74, 6) is 1.38. The van der Waals surface area contributed by atoms with Crippen LogP contribution < -0.4 is 9.31 Å². The molecule has 0 N–H and O–H groups in total. The van der Waals surface area contributed by atoms with Crippen molar-refractivity contribution in [3.05, 3.63) is 61.1 Å². The zero-order chi connectivity index (χ0) is 14.1. The fourth-order valence-electron chi connectivity index (χ4n) is 2.17. The molecule has 0 fully saturated rings. The second-order valence-corrected chi connectivity index (χ2v) is 4.57. The monoisotopic (exact) mass is 277 g/mol. The number of furan rings is 2. The molecule has 4 aromatic rings. The Labute approximate surface area is 121 Å². The maximum Gasteiger partial charge on any atom is 0.658 e. The highest BCUT2D eigenvalue weighted by molar-refractivity contribution is 6.20. The average Bonchev–Trinajstić information content (AvgIpc) is 3.14. The molecule has 0 aliphatic rings. The van der Waals surface area contributed by atoms with Crippen molar-refractivity contribution < 1.29 is 18.1 Å². The number of hydrogen-bond acceptors (Lipinski definition) is 4. The van der Waals surface area contributed by atoms with Crippen LogP contribution in [0.5, 0.6) is 11.5 Å². The first-order valence-electron chi connectivity index (χ1n) is 6.48. The minimum Gasteiger partial charge on any atom is -0.526 e. The van der Waals surface area contributed by atoms with E-state index in [-0.39, 0.29) is 0 Å². The van der Waals surface area contributed by atoms with Gasteiger partial charge >= 0.3 is 7.69 Å². The van der Waals surface area contributed by atoms with Crippen LogP contribution >= 0.6 is 0 Å². The SMILES string of the molecule is [B](Oc1ccc2occc2c1)Oc1ccc2occc2c1. The molecule has 0 aliphatic carbocycles. The summed E-state index contributed by atoms with van der Waals surface area (Å²) in [6.07, 6.45) is 3.30. The van der Waals surface area contributed by atoms with Gasteiger partial charge in [0.25, 0.3) is 0 Å². The summed E-state index contributed by atoms with van der Waals surface area (Å²) in [5, 5.41) is 1.97. The predicted molar refractivity (Wildman–Crippen MR) is 79.4 cm³/mol. The first-order chi connectivity index (χ1) is 10.4. The zero-order valence-electron chi connectivity index (χ0n) is 11.0. The van der Waals surface area contributed by atoms with Crippen LogP contribution in [-0.4, -0.2) is 7.69 Å². The fourth-order valence-corrected chi connectivity index (χ4v) is 2.17. The molecule has 0 amide bonds. The Hall–Kier alpha value is -2.82. The van der Waals surface area contributed by atoms with Crippen LogP contribution in [0.3, 0.4) is 0 Å². The molecule has 0 saturated heterocycles. The molecule has 4 rings (SSSR count). The Bertz CT molecular complexity index is 819. The van der Waals surface area contributed by atoms with E-state index in [1.165, 1.54) is 7.69 Å². The molecule has 0 atom stereocenters. The molecule has 21 heavy (non-hydrogen) atoms. The summed E-state index contributed by atoms with van der Waals surface area (Å²) in [7, 11) is 1.31. The lowest BCUT2D eigenvalue weighted by atomic mass is 10.2. The third-order valence-corrected chi connectivity index (χ3v) is 3.22. The number of hydrogen-bond donors (Lipinski definition) is 0. The van der Waals surface area contributed by atoms with Crippen molar-refractivity contribution in [3.8, 4) is 11.5 Å². The van der Waals surface area contributed by atoms with Crippen molar-refractivity contribution in [1.82, 2.24) is 0 Å². The standard InChI is InChI=1S/C16H10BO4/c1-3-15-11(5-7-18-15)9-13(1)20-17-21-14-2-4-16-12(10-14)6-8-19-16/h1-10H. The number of benzene rings is 2. The van der Waals surface area contributed by atoms with Gasteiger partial charge < -0.3 is 18.1 Å². The van der Waals surface area contributed by atoms with Gasteiger partial charge in [-0.05, 0) is 48.5 Å². The van der Waals surface area contributed by atoms with Gasteiger partial charge in [0.15, 0.2) is 0 Å². The van der Waals surface area contributed by atoms with Gasteiger partial charge in [0.1, 0.15) is 22.7 Å². The molecule has 101 valence electrons. The number of rotatable bonds is 4. The molecule has 5 heteroatoms. The molecule has 2 aromatic carbocycles. The van der Waals surface area contributed by atoms with Crippen LogP contribution in [0.15, 0.2) is 69.9 Å². The molecule has 4 nitrogen and oxygen atoms in total. The molecule has 0 unspecified atom stereocenters. The van der Waals surface area contributed by atoms with Crippen molar-refractivity contribution in [3.63, 3.8) is 0 Å². The largest absolute Gasteiger partial charge is 0.658 e. The van der Waals surface area contributed by atoms with Crippen molar-refractivity contribution in [1.29, 1.82) is 0 Å². The van der Waals surface area contributed by atoms with E-state index in [1.807, 2.05) is 48.5 Å². The highest BCUT2D eigenvalue weighted by atomic mass is 16.6. The first-order valence-corrected chi connectivity index (χ1v) is 6.48. The van der Waals surface area contributed by atoms with E-state index >= 15 is 0 Å². The maximum atomic E-state index is 5.47. The molecule has 0 saturated carbocycles. The van der Waals surface area contributed by atoms with Crippen LogP contribution in [0.25, 0.3) is 21.9 Å². The van der Waals surface area contributed by atoms with Gasteiger partial charge in [-0.25, -0.2) is 0 Å². The van der Waals surface area contributed by atoms with Crippen LogP contribution in [0.1, 0.15) is 0 Å². The molecule has 0 aliphatic heterocycles. The lowest BCUT2D eigenvalue weighted by Crippen LogP contribution is -2.10. The summed E-state index contributed by atoms with van der Waals surface area (Å²) < 4.78 is 21.5. The zero-order valence-corrected chi connectivity index (χ0v) is 11.0. The van der Waals surface area contributed by atoms with Gasteiger partial charge in [0.05, 0.1) is 12.5 Å². The Morgan fingerprint density at radius 1 is 0.667 bits per heavy atom. The molecular formula is C16H10BO4. The van der Waals surface area contributed by atoms with Gasteiger partial charge in [-0.1, -0.05) is 0 Å². The van der Waals surface area contributed by atoms with Crippen molar-refractivity contribution in [2.75, 3.05) is 0 Å². The van der Waals surface area contributed by atoms with E-state index < -0.39 is 0 Å². The molecule has 0 bridgehead atoms. The lowest BCUT2D eigenvalue weighted by Gasteiger charge is -2.06. The van der Waals surface area contributed by atoms with Gasteiger partial charge in [-0.15, -0.1) is 0 Å². The smallest absolute Gasteiger partial charge is 0.526 e. The van der Waals surface area contributed by atoms with E-state index in [9.17, 15) is 0 Å². The van der Waals surface area contributed by atoms with Crippen LogP contribution in [0, 0.1) is 0 Å². The molecule has 0 spiro atoms. The quantitative estimate of drug-likeness (QED) is 0.525. The molecule has 2 aromatic heterocycles. The third-order valence-electron chi connectivity index (χ3n) is 3.22. The minimum atomic E-state index is 0.688. The third kappa shape index (κ3) is 2.34. The van der Waals surface area contributed by atoms with Gasteiger partial charge in [0.2, 0.25) is 0 Å². The summed E-state index contributed by atoms with van der Waals surface area (Å²) in [6.45, 7) is 0. The second-order valence-electron chi connectivity index (χ2n) is 4.57. The van der Waals surface area contributed by atoms with E-state index in [0.29, 0.717) is 11.5 Å². The molecular weight excluding hydrogens is 267 g/mol. The highest BCUT2D eigenvalue weighted by Crippen LogP contribution is 2.23. The topological polar surface area (TPSA) is 44.7 Å². The van der Waals surface area contributed by atoms with Crippen LogP contribution in [0.2, 0.25) is 0 Å². The second kappa shape index (κ2) is 4.94. The van der Waals surface area contributed by atoms with E-state index in [2.05, 4.69) is 0 Å². The summed E-state index contributed by atoms with van der Waals surface area (Å²) in [6, 6.07) is 14.9. The first kappa shape index (κ1) is 12.0.